The Morgan fingerprint density at radius 3 is 2.40 bits per heavy atom. The number of nitrogens with one attached hydrogen (secondary N) is 1. The van der Waals surface area contributed by atoms with Crippen LogP contribution in [0.3, 0.4) is 0 Å². The van der Waals surface area contributed by atoms with Crippen molar-refractivity contribution in [2.75, 3.05) is 26.0 Å². The van der Waals surface area contributed by atoms with E-state index >= 15 is 0 Å². The van der Waals surface area contributed by atoms with Gasteiger partial charge in [0.2, 0.25) is 10.0 Å². The molecule has 0 aliphatic carbocycles. The van der Waals surface area contributed by atoms with E-state index in [1.165, 1.54) is 6.26 Å². The van der Waals surface area contributed by atoms with Crippen LogP contribution in [-0.4, -0.2) is 68.2 Å². The maximum atomic E-state index is 11.5. The van der Waals surface area contributed by atoms with Gasteiger partial charge >= 0.3 is 12.1 Å². The number of alkyl halides is 3. The molecule has 30 heavy (non-hydrogen) atoms. The van der Waals surface area contributed by atoms with E-state index in [9.17, 15) is 21.6 Å². The second-order valence-electron chi connectivity index (χ2n) is 7.70. The highest BCUT2D eigenvalue weighted by atomic mass is 32.2. The van der Waals surface area contributed by atoms with Gasteiger partial charge < -0.3 is 14.3 Å². The Labute approximate surface area is 173 Å². The van der Waals surface area contributed by atoms with Crippen LogP contribution in [0, 0.1) is 6.92 Å². The number of furan rings is 1. The molecule has 1 unspecified atom stereocenters. The third kappa shape index (κ3) is 7.89. The van der Waals surface area contributed by atoms with Crippen LogP contribution in [0.2, 0.25) is 0 Å². The Morgan fingerprint density at radius 2 is 1.93 bits per heavy atom. The third-order valence-electron chi connectivity index (χ3n) is 5.06. The molecule has 172 valence electrons. The highest BCUT2D eigenvalue weighted by Gasteiger charge is 2.41. The molecule has 0 saturated carbocycles. The minimum atomic E-state index is -5.08. The largest absolute Gasteiger partial charge is 0.490 e. The highest BCUT2D eigenvalue weighted by molar-refractivity contribution is 7.88. The second kappa shape index (κ2) is 9.67. The van der Waals surface area contributed by atoms with Gasteiger partial charge in [0.05, 0.1) is 18.4 Å². The number of hydrogen-bond acceptors (Lipinski definition) is 6. The highest BCUT2D eigenvalue weighted by Crippen LogP contribution is 2.35. The van der Waals surface area contributed by atoms with Crippen molar-refractivity contribution in [1.82, 2.24) is 9.62 Å². The first-order valence-electron chi connectivity index (χ1n) is 9.47. The van der Waals surface area contributed by atoms with Crippen molar-refractivity contribution >= 4 is 16.0 Å². The number of rotatable bonds is 4. The summed E-state index contributed by atoms with van der Waals surface area (Å²) < 4.78 is 69.1. The zero-order chi connectivity index (χ0) is 22.6. The standard InChI is InChI=1S/C16H26N2O4S.C2HF3O2/c1-13-3-4-15(22-13)12-18-8-6-16(7-9-18)11-14(5-10-21-16)17-23(2,19)20;3-2(4,5)1(6)7/h3-4,14,17H,5-12H2,1-2H3;(H,6,7). The van der Waals surface area contributed by atoms with Crippen LogP contribution < -0.4 is 4.72 Å². The lowest BCUT2D eigenvalue weighted by Gasteiger charge is -2.46. The number of sulfonamides is 1. The van der Waals surface area contributed by atoms with Crippen molar-refractivity contribution in [3.05, 3.63) is 23.7 Å². The van der Waals surface area contributed by atoms with E-state index in [2.05, 4.69) is 9.62 Å². The molecular weight excluding hydrogens is 429 g/mol. The normalized spacial score (nSPS) is 22.4. The molecule has 2 fully saturated rings. The predicted octanol–water partition coefficient (Wildman–Crippen LogP) is 2.28. The van der Waals surface area contributed by atoms with Crippen molar-refractivity contribution in [1.29, 1.82) is 0 Å². The van der Waals surface area contributed by atoms with Crippen LogP contribution in [0.4, 0.5) is 13.2 Å². The number of ether oxygens (including phenoxy) is 1. The van der Waals surface area contributed by atoms with Gasteiger partial charge in [-0.05, 0) is 44.7 Å². The summed E-state index contributed by atoms with van der Waals surface area (Å²) in [5.41, 5.74) is -0.170. The van der Waals surface area contributed by atoms with E-state index < -0.39 is 22.2 Å². The maximum Gasteiger partial charge on any atom is 0.490 e. The van der Waals surface area contributed by atoms with Gasteiger partial charge in [0.25, 0.3) is 0 Å². The fourth-order valence-corrected chi connectivity index (χ4v) is 4.50. The molecule has 0 radical (unpaired) electrons. The van der Waals surface area contributed by atoms with Crippen LogP contribution in [0.1, 0.15) is 37.2 Å². The number of piperidine rings is 1. The van der Waals surface area contributed by atoms with Crippen molar-refractivity contribution in [3.8, 4) is 0 Å². The number of halogens is 3. The van der Waals surface area contributed by atoms with Gasteiger partial charge in [-0.25, -0.2) is 17.9 Å². The fraction of sp³-hybridized carbons (Fsp3) is 0.722. The zero-order valence-corrected chi connectivity index (χ0v) is 17.7. The molecule has 0 bridgehead atoms. The summed E-state index contributed by atoms with van der Waals surface area (Å²) in [6, 6.07) is 4.02. The van der Waals surface area contributed by atoms with Crippen molar-refractivity contribution in [3.63, 3.8) is 0 Å². The minimum Gasteiger partial charge on any atom is -0.475 e. The number of aryl methyl sites for hydroxylation is 1. The molecule has 12 heteroatoms. The summed E-state index contributed by atoms with van der Waals surface area (Å²) in [6.45, 7) is 5.32. The molecule has 1 atom stereocenters. The van der Waals surface area contributed by atoms with Crippen LogP contribution >= 0.6 is 0 Å². The Hall–Kier alpha value is -1.63. The first kappa shape index (κ1) is 24.6. The third-order valence-corrected chi connectivity index (χ3v) is 5.82. The summed E-state index contributed by atoms with van der Waals surface area (Å²) in [4.78, 5) is 11.3. The number of nitrogens with zero attached hydrogens (tertiary/aromatic N) is 1. The number of carboxylic acids is 1. The number of hydrogen-bond donors (Lipinski definition) is 2. The molecule has 1 spiro atoms. The second-order valence-corrected chi connectivity index (χ2v) is 9.48. The number of carboxylic acid groups (broad SMARTS) is 1. The van der Waals surface area contributed by atoms with Crippen LogP contribution in [0.5, 0.6) is 0 Å². The number of likely N-dealkylation sites (tertiary alicyclic amines) is 1. The van der Waals surface area contributed by atoms with Crippen LogP contribution in [0.15, 0.2) is 16.5 Å². The Bertz CT molecular complexity index is 816. The van der Waals surface area contributed by atoms with E-state index in [-0.39, 0.29) is 11.6 Å². The molecule has 2 saturated heterocycles. The minimum absolute atomic E-state index is 0.00183. The lowest BCUT2D eigenvalue weighted by molar-refractivity contribution is -0.192. The van der Waals surface area contributed by atoms with Crippen molar-refractivity contribution in [2.24, 2.45) is 0 Å². The van der Waals surface area contributed by atoms with Crippen molar-refractivity contribution < 1.29 is 40.6 Å². The number of aliphatic carboxylic acids is 1. The molecule has 1 aromatic rings. The SMILES string of the molecule is Cc1ccc(CN2CCC3(CC2)CC(NS(C)(=O)=O)CCO3)o1.O=C(O)C(F)(F)F. The average molecular weight is 456 g/mol. The summed E-state index contributed by atoms with van der Waals surface area (Å²) in [5.74, 6) is -0.814. The molecule has 2 aliphatic heterocycles. The Balaban J connectivity index is 0.000000396. The van der Waals surface area contributed by atoms with Crippen LogP contribution in [-0.2, 0) is 26.1 Å². The summed E-state index contributed by atoms with van der Waals surface area (Å²) in [6.07, 6.45) is -0.454. The average Bonchev–Trinajstić information content (AvgIpc) is 3.00. The molecule has 3 heterocycles. The first-order chi connectivity index (χ1) is 13.8. The monoisotopic (exact) mass is 456 g/mol. The van der Waals surface area contributed by atoms with E-state index in [4.69, 9.17) is 19.1 Å². The van der Waals surface area contributed by atoms with Gasteiger partial charge in [-0.2, -0.15) is 13.2 Å². The fourth-order valence-electron chi connectivity index (χ4n) is 3.69. The van der Waals surface area contributed by atoms with Gasteiger partial charge in [-0.3, -0.25) is 4.90 Å². The molecule has 2 aliphatic rings. The van der Waals surface area contributed by atoms with E-state index in [0.717, 1.165) is 56.8 Å². The topological polar surface area (TPSA) is 109 Å². The maximum absolute atomic E-state index is 11.5. The summed E-state index contributed by atoms with van der Waals surface area (Å²) in [5, 5.41) is 7.12. The molecule has 1 aromatic heterocycles. The molecule has 2 N–H and O–H groups in total. The summed E-state index contributed by atoms with van der Waals surface area (Å²) in [7, 11) is -3.16. The molecule has 3 rings (SSSR count). The van der Waals surface area contributed by atoms with Gasteiger partial charge in [0.15, 0.2) is 0 Å². The quantitative estimate of drug-likeness (QED) is 0.716. The van der Waals surface area contributed by atoms with Gasteiger partial charge in [-0.15, -0.1) is 0 Å². The molecule has 0 amide bonds. The molecular formula is C18H27F3N2O6S. The molecule has 0 aromatic carbocycles. The van der Waals surface area contributed by atoms with Gasteiger partial charge in [0.1, 0.15) is 11.5 Å². The van der Waals surface area contributed by atoms with E-state index in [1.807, 2.05) is 19.1 Å². The van der Waals surface area contributed by atoms with Gasteiger partial charge in [0, 0.05) is 25.7 Å². The van der Waals surface area contributed by atoms with Crippen LogP contribution in [0.25, 0.3) is 0 Å². The lowest BCUT2D eigenvalue weighted by atomic mass is 9.82. The number of carbonyl (C=O) groups is 1. The first-order valence-corrected chi connectivity index (χ1v) is 11.4. The predicted molar refractivity (Wildman–Crippen MR) is 101 cm³/mol. The van der Waals surface area contributed by atoms with E-state index in [1.54, 1.807) is 0 Å². The lowest BCUT2D eigenvalue weighted by Crippen LogP contribution is -2.53. The van der Waals surface area contributed by atoms with E-state index in [0.29, 0.717) is 6.61 Å². The summed E-state index contributed by atoms with van der Waals surface area (Å²) >= 11 is 0. The Morgan fingerprint density at radius 1 is 1.33 bits per heavy atom. The van der Waals surface area contributed by atoms with Crippen molar-refractivity contribution in [2.45, 2.75) is 57.0 Å². The van der Waals surface area contributed by atoms with Gasteiger partial charge in [-0.1, -0.05) is 0 Å². The molecule has 8 nitrogen and oxygen atoms in total. The Kier molecular flexibility index (Phi) is 7.94. The smallest absolute Gasteiger partial charge is 0.475 e. The zero-order valence-electron chi connectivity index (χ0n) is 16.9.